The quantitative estimate of drug-likeness (QED) is 0.412. The van der Waals surface area contributed by atoms with Gasteiger partial charge in [-0.05, 0) is 18.8 Å². The number of hydrogen-bond donors (Lipinski definition) is 0. The van der Waals surface area contributed by atoms with Gasteiger partial charge in [0, 0.05) is 12.8 Å². The fraction of sp³-hybridized carbons (Fsp3) is 0.889. The van der Waals surface area contributed by atoms with Crippen molar-refractivity contribution in [2.24, 2.45) is 10.9 Å². The van der Waals surface area contributed by atoms with E-state index in [1.54, 1.807) is 0 Å². The molecule has 0 bridgehead atoms. The van der Waals surface area contributed by atoms with Gasteiger partial charge in [-0.25, -0.2) is 0 Å². The lowest BCUT2D eigenvalue weighted by molar-refractivity contribution is 0.741. The highest BCUT2D eigenvalue weighted by atomic mass is 14.7. The first-order valence-electron chi connectivity index (χ1n) is 4.31. The first-order valence-corrected chi connectivity index (χ1v) is 4.31. The average Bonchev–Trinajstić information content (AvgIpc) is 1.98. The van der Waals surface area contributed by atoms with Gasteiger partial charge >= 0.3 is 0 Å². The summed E-state index contributed by atoms with van der Waals surface area (Å²) in [7, 11) is 0. The minimum absolute atomic E-state index is 0.664. The van der Waals surface area contributed by atoms with E-state index in [0.717, 1.165) is 6.54 Å². The van der Waals surface area contributed by atoms with Crippen LogP contribution in [0.5, 0.6) is 0 Å². The minimum atomic E-state index is 0.664. The van der Waals surface area contributed by atoms with Gasteiger partial charge in [0.2, 0.25) is 0 Å². The van der Waals surface area contributed by atoms with Crippen LogP contribution in [-0.2, 0) is 0 Å². The van der Waals surface area contributed by atoms with Gasteiger partial charge in [0.1, 0.15) is 0 Å². The third kappa shape index (κ3) is 5.80. The molecule has 0 saturated heterocycles. The SMILES string of the molecule is CCCC/N=C/C(C)CC. The third-order valence-electron chi connectivity index (χ3n) is 1.64. The molecule has 0 aromatic heterocycles. The topological polar surface area (TPSA) is 12.4 Å². The van der Waals surface area contributed by atoms with Crippen molar-refractivity contribution < 1.29 is 0 Å². The smallest absolute Gasteiger partial charge is 0.0385 e. The van der Waals surface area contributed by atoms with Crippen molar-refractivity contribution in [2.75, 3.05) is 6.54 Å². The summed E-state index contributed by atoms with van der Waals surface area (Å²) in [5, 5.41) is 0. The van der Waals surface area contributed by atoms with Crippen molar-refractivity contribution in [1.82, 2.24) is 0 Å². The highest BCUT2D eigenvalue weighted by Crippen LogP contribution is 1.96. The molecule has 0 amide bonds. The molecule has 0 heterocycles. The van der Waals surface area contributed by atoms with Gasteiger partial charge in [0.15, 0.2) is 0 Å². The molecule has 1 unspecified atom stereocenters. The van der Waals surface area contributed by atoms with Crippen molar-refractivity contribution in [3.63, 3.8) is 0 Å². The van der Waals surface area contributed by atoms with E-state index in [1.165, 1.54) is 19.3 Å². The lowest BCUT2D eigenvalue weighted by atomic mass is 10.1. The van der Waals surface area contributed by atoms with E-state index in [4.69, 9.17) is 0 Å². The fourth-order valence-electron chi connectivity index (χ4n) is 0.609. The summed E-state index contributed by atoms with van der Waals surface area (Å²) in [5.74, 6) is 0.664. The Bertz CT molecular complexity index is 86.7. The van der Waals surface area contributed by atoms with Crippen LogP contribution in [0, 0.1) is 5.92 Å². The first-order chi connectivity index (χ1) is 4.81. The van der Waals surface area contributed by atoms with Crippen LogP contribution in [0.15, 0.2) is 4.99 Å². The van der Waals surface area contributed by atoms with E-state index in [2.05, 4.69) is 32.0 Å². The molecule has 0 spiro atoms. The Morgan fingerprint density at radius 1 is 1.40 bits per heavy atom. The molecule has 0 rings (SSSR count). The molecule has 10 heavy (non-hydrogen) atoms. The van der Waals surface area contributed by atoms with Crippen molar-refractivity contribution in [1.29, 1.82) is 0 Å². The van der Waals surface area contributed by atoms with Crippen molar-refractivity contribution in [3.05, 3.63) is 0 Å². The van der Waals surface area contributed by atoms with Crippen LogP contribution in [0.4, 0.5) is 0 Å². The maximum atomic E-state index is 4.31. The van der Waals surface area contributed by atoms with Gasteiger partial charge in [-0.15, -0.1) is 0 Å². The van der Waals surface area contributed by atoms with E-state index in [0.29, 0.717) is 5.92 Å². The Kier molecular flexibility index (Phi) is 6.56. The number of hydrogen-bond acceptors (Lipinski definition) is 1. The van der Waals surface area contributed by atoms with E-state index in [-0.39, 0.29) is 0 Å². The zero-order valence-electron chi connectivity index (χ0n) is 7.43. The minimum Gasteiger partial charge on any atom is -0.297 e. The molecular weight excluding hydrogens is 122 g/mol. The highest BCUT2D eigenvalue weighted by Gasteiger charge is 1.89. The Hall–Kier alpha value is -0.330. The maximum absolute atomic E-state index is 4.31. The van der Waals surface area contributed by atoms with Crippen LogP contribution in [0.25, 0.3) is 0 Å². The summed E-state index contributed by atoms with van der Waals surface area (Å²) in [6, 6.07) is 0. The lowest BCUT2D eigenvalue weighted by Gasteiger charge is -1.97. The Labute approximate surface area is 64.6 Å². The fourth-order valence-corrected chi connectivity index (χ4v) is 0.609. The van der Waals surface area contributed by atoms with E-state index >= 15 is 0 Å². The zero-order chi connectivity index (χ0) is 7.82. The normalized spacial score (nSPS) is 14.3. The van der Waals surface area contributed by atoms with Crippen LogP contribution >= 0.6 is 0 Å². The predicted molar refractivity (Wildman–Crippen MR) is 47.7 cm³/mol. The molecule has 1 nitrogen and oxygen atoms in total. The molecular formula is C9H19N. The van der Waals surface area contributed by atoms with Crippen LogP contribution < -0.4 is 0 Å². The molecule has 1 heteroatoms. The summed E-state index contributed by atoms with van der Waals surface area (Å²) >= 11 is 0. The molecule has 0 aromatic carbocycles. The van der Waals surface area contributed by atoms with E-state index in [1.807, 2.05) is 0 Å². The Morgan fingerprint density at radius 3 is 2.60 bits per heavy atom. The molecule has 0 N–H and O–H groups in total. The molecule has 60 valence electrons. The van der Waals surface area contributed by atoms with Gasteiger partial charge in [-0.2, -0.15) is 0 Å². The standard InChI is InChI=1S/C9H19N/c1-4-6-7-10-8-9(3)5-2/h8-9H,4-7H2,1-3H3/b10-8+. The molecule has 0 aliphatic carbocycles. The van der Waals surface area contributed by atoms with Crippen LogP contribution in [0.1, 0.15) is 40.0 Å². The van der Waals surface area contributed by atoms with E-state index < -0.39 is 0 Å². The number of unbranched alkanes of at least 4 members (excludes halogenated alkanes) is 1. The molecule has 0 radical (unpaired) electrons. The lowest BCUT2D eigenvalue weighted by Crippen LogP contribution is -1.93. The molecule has 0 fully saturated rings. The van der Waals surface area contributed by atoms with Gasteiger partial charge in [0.25, 0.3) is 0 Å². The number of nitrogens with zero attached hydrogens (tertiary/aromatic N) is 1. The highest BCUT2D eigenvalue weighted by molar-refractivity contribution is 5.59. The summed E-state index contributed by atoms with van der Waals surface area (Å²) < 4.78 is 0. The summed E-state index contributed by atoms with van der Waals surface area (Å²) in [6.45, 7) is 7.60. The van der Waals surface area contributed by atoms with Gasteiger partial charge in [-0.1, -0.05) is 27.2 Å². The maximum Gasteiger partial charge on any atom is 0.0385 e. The average molecular weight is 141 g/mol. The third-order valence-corrected chi connectivity index (χ3v) is 1.64. The molecule has 1 atom stereocenters. The second-order valence-corrected chi connectivity index (χ2v) is 2.79. The van der Waals surface area contributed by atoms with E-state index in [9.17, 15) is 0 Å². The van der Waals surface area contributed by atoms with Crippen molar-refractivity contribution >= 4 is 6.21 Å². The largest absolute Gasteiger partial charge is 0.297 e. The van der Waals surface area contributed by atoms with Crippen LogP contribution in [0.3, 0.4) is 0 Å². The molecule has 0 aliphatic heterocycles. The van der Waals surface area contributed by atoms with Crippen molar-refractivity contribution in [2.45, 2.75) is 40.0 Å². The predicted octanol–water partition coefficient (Wildman–Crippen LogP) is 2.90. The van der Waals surface area contributed by atoms with Gasteiger partial charge in [0.05, 0.1) is 0 Å². The van der Waals surface area contributed by atoms with Crippen LogP contribution in [-0.4, -0.2) is 12.8 Å². The van der Waals surface area contributed by atoms with Gasteiger partial charge in [-0.3, -0.25) is 4.99 Å². The van der Waals surface area contributed by atoms with Crippen molar-refractivity contribution in [3.8, 4) is 0 Å². The second kappa shape index (κ2) is 6.79. The summed E-state index contributed by atoms with van der Waals surface area (Å²) in [5.41, 5.74) is 0. The molecule has 0 aromatic rings. The number of rotatable bonds is 5. The molecule has 0 aliphatic rings. The first kappa shape index (κ1) is 9.67. The van der Waals surface area contributed by atoms with Crippen LogP contribution in [0.2, 0.25) is 0 Å². The Morgan fingerprint density at radius 2 is 2.10 bits per heavy atom. The second-order valence-electron chi connectivity index (χ2n) is 2.79. The zero-order valence-corrected chi connectivity index (χ0v) is 7.43. The summed E-state index contributed by atoms with van der Waals surface area (Å²) in [6.07, 6.45) is 5.76. The summed E-state index contributed by atoms with van der Waals surface area (Å²) in [4.78, 5) is 4.31. The van der Waals surface area contributed by atoms with Gasteiger partial charge < -0.3 is 0 Å². The number of aliphatic imine (C=N–C) groups is 1. The molecule has 0 saturated carbocycles. The Balaban J connectivity index is 3.18. The monoisotopic (exact) mass is 141 g/mol.